The van der Waals surface area contributed by atoms with Crippen molar-refractivity contribution in [1.82, 2.24) is 0 Å². The molecule has 0 aromatic rings. The third-order valence-electron chi connectivity index (χ3n) is 1.08. The van der Waals surface area contributed by atoms with Crippen LogP contribution in [0.15, 0.2) is 23.9 Å². The van der Waals surface area contributed by atoms with Crippen LogP contribution in [0.2, 0.25) is 0 Å². The average molecular weight is 142 g/mol. The fourth-order valence-corrected chi connectivity index (χ4v) is 0.507. The number of nitrogens with two attached hydrogens (primary N) is 2. The summed E-state index contributed by atoms with van der Waals surface area (Å²) < 4.78 is 0. The van der Waals surface area contributed by atoms with Gasteiger partial charge in [0.2, 0.25) is 0 Å². The van der Waals surface area contributed by atoms with Gasteiger partial charge in [0, 0.05) is 11.8 Å². The Kier molecular flexibility index (Phi) is 4.62. The maximum Gasteiger partial charge on any atom is 0.129 e. The lowest BCUT2D eigenvalue weighted by molar-refractivity contribution is 0.222. The van der Waals surface area contributed by atoms with E-state index in [0.29, 0.717) is 5.57 Å². The molecule has 1 unspecified atom stereocenters. The molecule has 0 amide bonds. The maximum atomic E-state index is 8.82. The van der Waals surface area contributed by atoms with E-state index in [4.69, 9.17) is 16.6 Å². The fourth-order valence-electron chi connectivity index (χ4n) is 0.507. The molecule has 5 N–H and O–H groups in total. The summed E-state index contributed by atoms with van der Waals surface area (Å²) in [7, 11) is 0. The van der Waals surface area contributed by atoms with Gasteiger partial charge in [0.25, 0.3) is 0 Å². The van der Waals surface area contributed by atoms with Gasteiger partial charge in [-0.2, -0.15) is 0 Å². The Labute approximate surface area is 61.0 Å². The summed E-state index contributed by atoms with van der Waals surface area (Å²) in [6.07, 6.45) is 4.84. The molecule has 0 heterocycles. The van der Waals surface area contributed by atoms with E-state index in [1.165, 1.54) is 6.20 Å². The number of aliphatic hydroxyl groups excluding tert-OH is 1. The van der Waals surface area contributed by atoms with Gasteiger partial charge in [0.15, 0.2) is 0 Å². The number of allylic oxidation sites excluding steroid dienone is 1. The van der Waals surface area contributed by atoms with E-state index in [-0.39, 0.29) is 0 Å². The summed E-state index contributed by atoms with van der Waals surface area (Å²) in [5.74, 6) is 0. The Bertz CT molecular complexity index is 139. The van der Waals surface area contributed by atoms with Crippen LogP contribution in [0.1, 0.15) is 13.3 Å². The second-order valence-electron chi connectivity index (χ2n) is 1.92. The molecule has 3 nitrogen and oxygen atoms in total. The van der Waals surface area contributed by atoms with Crippen LogP contribution in [-0.4, -0.2) is 11.3 Å². The van der Waals surface area contributed by atoms with Gasteiger partial charge in [0.1, 0.15) is 6.23 Å². The highest BCUT2D eigenvalue weighted by Crippen LogP contribution is 1.97. The van der Waals surface area contributed by atoms with Crippen molar-refractivity contribution in [1.29, 1.82) is 0 Å². The highest BCUT2D eigenvalue weighted by molar-refractivity contribution is 5.20. The standard InChI is InChI=1S/C7H14N2O/c1-2-3-4-6(5-8)7(9)10/h3-5,7,10H,2,8-9H2,1H3/b4-3-,6-5+. The van der Waals surface area contributed by atoms with Gasteiger partial charge >= 0.3 is 0 Å². The molecule has 0 aliphatic carbocycles. The first-order valence-electron chi connectivity index (χ1n) is 3.24. The van der Waals surface area contributed by atoms with E-state index in [1.807, 2.05) is 13.0 Å². The minimum atomic E-state index is -0.965. The molecule has 0 rings (SSSR count). The van der Waals surface area contributed by atoms with Gasteiger partial charge in [-0.25, -0.2) is 0 Å². The predicted octanol–water partition coefficient (Wildman–Crippen LogP) is 0.0723. The molecule has 0 aliphatic rings. The molecule has 0 spiro atoms. The van der Waals surface area contributed by atoms with Crippen LogP contribution in [0.25, 0.3) is 0 Å². The summed E-state index contributed by atoms with van der Waals surface area (Å²) in [5.41, 5.74) is 10.8. The number of hydrogen-bond acceptors (Lipinski definition) is 3. The minimum absolute atomic E-state index is 0.543. The molecule has 0 fully saturated rings. The van der Waals surface area contributed by atoms with E-state index >= 15 is 0 Å². The van der Waals surface area contributed by atoms with Gasteiger partial charge in [-0.15, -0.1) is 0 Å². The molecule has 3 heteroatoms. The summed E-state index contributed by atoms with van der Waals surface area (Å²) in [5, 5.41) is 8.82. The minimum Gasteiger partial charge on any atom is -0.404 e. The first-order valence-corrected chi connectivity index (χ1v) is 3.24. The Morgan fingerprint density at radius 3 is 2.60 bits per heavy atom. The second-order valence-corrected chi connectivity index (χ2v) is 1.92. The average Bonchev–Trinajstić information content (AvgIpc) is 1.89. The summed E-state index contributed by atoms with van der Waals surface area (Å²) in [4.78, 5) is 0. The van der Waals surface area contributed by atoms with Crippen LogP contribution in [0.5, 0.6) is 0 Å². The molecular weight excluding hydrogens is 128 g/mol. The molecule has 0 saturated carbocycles. The van der Waals surface area contributed by atoms with Crippen molar-refractivity contribution in [3.8, 4) is 0 Å². The quantitative estimate of drug-likeness (QED) is 0.386. The van der Waals surface area contributed by atoms with Crippen molar-refractivity contribution in [2.75, 3.05) is 0 Å². The first-order chi connectivity index (χ1) is 4.72. The van der Waals surface area contributed by atoms with Crippen LogP contribution >= 0.6 is 0 Å². The van der Waals surface area contributed by atoms with Crippen LogP contribution < -0.4 is 11.5 Å². The highest BCUT2D eigenvalue weighted by Gasteiger charge is 1.97. The van der Waals surface area contributed by atoms with Gasteiger partial charge < -0.3 is 16.6 Å². The van der Waals surface area contributed by atoms with E-state index in [2.05, 4.69) is 0 Å². The Balaban J connectivity index is 3.98. The van der Waals surface area contributed by atoms with Crippen molar-refractivity contribution in [2.45, 2.75) is 19.6 Å². The van der Waals surface area contributed by atoms with Gasteiger partial charge in [-0.1, -0.05) is 19.1 Å². The Morgan fingerprint density at radius 2 is 2.30 bits per heavy atom. The molecule has 0 radical (unpaired) electrons. The van der Waals surface area contributed by atoms with Crippen LogP contribution in [0, 0.1) is 0 Å². The van der Waals surface area contributed by atoms with Crippen molar-refractivity contribution < 1.29 is 5.11 Å². The van der Waals surface area contributed by atoms with Crippen molar-refractivity contribution in [3.63, 3.8) is 0 Å². The fraction of sp³-hybridized carbons (Fsp3) is 0.429. The monoisotopic (exact) mass is 142 g/mol. The topological polar surface area (TPSA) is 72.3 Å². The van der Waals surface area contributed by atoms with E-state index in [1.54, 1.807) is 6.08 Å². The normalized spacial score (nSPS) is 16.1. The lowest BCUT2D eigenvalue weighted by Crippen LogP contribution is -2.21. The third kappa shape index (κ3) is 3.27. The molecular formula is C7H14N2O. The highest BCUT2D eigenvalue weighted by atomic mass is 16.3. The zero-order valence-corrected chi connectivity index (χ0v) is 6.12. The molecule has 0 saturated heterocycles. The molecule has 0 bridgehead atoms. The second kappa shape index (κ2) is 5.02. The first kappa shape index (κ1) is 9.20. The van der Waals surface area contributed by atoms with Gasteiger partial charge in [0.05, 0.1) is 0 Å². The largest absolute Gasteiger partial charge is 0.404 e. The van der Waals surface area contributed by atoms with E-state index in [9.17, 15) is 0 Å². The molecule has 58 valence electrons. The van der Waals surface area contributed by atoms with Crippen LogP contribution in [-0.2, 0) is 0 Å². The number of aliphatic hydroxyl groups is 1. The van der Waals surface area contributed by atoms with Gasteiger partial charge in [-0.05, 0) is 6.42 Å². The Morgan fingerprint density at radius 1 is 1.70 bits per heavy atom. The zero-order valence-electron chi connectivity index (χ0n) is 6.12. The molecule has 0 aromatic heterocycles. The van der Waals surface area contributed by atoms with E-state index in [0.717, 1.165) is 6.42 Å². The maximum absolute atomic E-state index is 8.82. The van der Waals surface area contributed by atoms with Crippen LogP contribution in [0.3, 0.4) is 0 Å². The summed E-state index contributed by atoms with van der Waals surface area (Å²) in [6, 6.07) is 0. The van der Waals surface area contributed by atoms with Crippen molar-refractivity contribution in [3.05, 3.63) is 23.9 Å². The molecule has 10 heavy (non-hydrogen) atoms. The summed E-state index contributed by atoms with van der Waals surface area (Å²) >= 11 is 0. The number of rotatable bonds is 3. The third-order valence-corrected chi connectivity index (χ3v) is 1.08. The van der Waals surface area contributed by atoms with Crippen molar-refractivity contribution >= 4 is 0 Å². The summed E-state index contributed by atoms with van der Waals surface area (Å²) in [6.45, 7) is 1.99. The van der Waals surface area contributed by atoms with E-state index < -0.39 is 6.23 Å². The van der Waals surface area contributed by atoms with Crippen LogP contribution in [0.4, 0.5) is 0 Å². The predicted molar refractivity (Wildman–Crippen MR) is 41.9 cm³/mol. The SMILES string of the molecule is CC/C=C\C(=C/N)C(N)O. The smallest absolute Gasteiger partial charge is 0.129 e. The lowest BCUT2D eigenvalue weighted by Gasteiger charge is -2.02. The van der Waals surface area contributed by atoms with Crippen molar-refractivity contribution in [2.24, 2.45) is 11.5 Å². The molecule has 0 aliphatic heterocycles. The lowest BCUT2D eigenvalue weighted by atomic mass is 10.2. The number of hydrogen-bond donors (Lipinski definition) is 3. The Hall–Kier alpha value is -0.800. The zero-order chi connectivity index (χ0) is 7.98. The molecule has 0 aromatic carbocycles. The van der Waals surface area contributed by atoms with Gasteiger partial charge in [-0.3, -0.25) is 0 Å². The molecule has 1 atom stereocenters.